The van der Waals surface area contributed by atoms with E-state index >= 15 is 0 Å². The largest absolute Gasteiger partial charge is 0.573 e. The van der Waals surface area contributed by atoms with Gasteiger partial charge in [0.05, 0.1) is 23.6 Å². The Bertz CT molecular complexity index is 1440. The highest BCUT2D eigenvalue weighted by Gasteiger charge is 2.32. The van der Waals surface area contributed by atoms with Crippen LogP contribution in [0.5, 0.6) is 5.75 Å². The maximum atomic E-state index is 14.6. The first-order chi connectivity index (χ1) is 17.6. The Kier molecular flexibility index (Phi) is 6.42. The molecule has 4 aromatic rings. The van der Waals surface area contributed by atoms with E-state index in [1.165, 1.54) is 28.9 Å². The van der Waals surface area contributed by atoms with Crippen molar-refractivity contribution in [2.45, 2.75) is 44.8 Å². The molecule has 1 aliphatic rings. The van der Waals surface area contributed by atoms with Gasteiger partial charge in [-0.1, -0.05) is 12.8 Å². The fourth-order valence-electron chi connectivity index (χ4n) is 4.40. The molecule has 14 heteroatoms. The van der Waals surface area contributed by atoms with Crippen LogP contribution in [-0.4, -0.2) is 60.8 Å². The molecule has 1 saturated heterocycles. The first-order valence-corrected chi connectivity index (χ1v) is 11.5. The van der Waals surface area contributed by atoms with Crippen molar-refractivity contribution in [2.75, 3.05) is 13.1 Å². The lowest BCUT2D eigenvalue weighted by atomic mass is 10.2. The van der Waals surface area contributed by atoms with E-state index in [1.807, 2.05) is 0 Å². The van der Waals surface area contributed by atoms with Gasteiger partial charge in [-0.25, -0.2) is 22.8 Å². The van der Waals surface area contributed by atoms with Crippen LogP contribution in [0.25, 0.3) is 27.9 Å². The molecule has 196 valence electrons. The Hall–Kier alpha value is -3.84. The number of carbonyl (C=O) groups excluding carboxylic acids is 1. The van der Waals surface area contributed by atoms with Gasteiger partial charge in [0.15, 0.2) is 0 Å². The predicted octanol–water partition coefficient (Wildman–Crippen LogP) is 5.39. The van der Waals surface area contributed by atoms with Crippen LogP contribution in [0.3, 0.4) is 0 Å². The van der Waals surface area contributed by atoms with Gasteiger partial charge in [-0.3, -0.25) is 14.2 Å². The summed E-state index contributed by atoms with van der Waals surface area (Å²) in [5.74, 6) is -0.961. The normalized spacial score (nSPS) is 15.9. The monoisotopic (exact) mass is 526 g/mol. The number of pyridine rings is 2. The molecule has 1 unspecified atom stereocenters. The Balaban J connectivity index is 1.62. The van der Waals surface area contributed by atoms with Crippen LogP contribution >= 0.6 is 0 Å². The summed E-state index contributed by atoms with van der Waals surface area (Å²) in [5.41, 5.74) is 0.0625. The van der Waals surface area contributed by atoms with Crippen molar-refractivity contribution in [3.63, 3.8) is 0 Å². The highest BCUT2D eigenvalue weighted by atomic mass is 19.4. The quantitative estimate of drug-likeness (QED) is 0.326. The van der Waals surface area contributed by atoms with E-state index in [1.54, 1.807) is 4.90 Å². The molecule has 37 heavy (non-hydrogen) atoms. The number of carbonyl (C=O) groups is 1. The number of alkyl halides is 6. The SMILES string of the molecule is O=C(c1cc2c(cn1)c(-c1cnc3ccc(OC(F)(F)F)cn13)nn2C(F)C(F)F)N1CCCCCC1. The smallest absolute Gasteiger partial charge is 0.404 e. The third-order valence-corrected chi connectivity index (χ3v) is 6.10. The highest BCUT2D eigenvalue weighted by Crippen LogP contribution is 2.33. The first-order valence-electron chi connectivity index (χ1n) is 11.5. The van der Waals surface area contributed by atoms with Gasteiger partial charge >= 0.3 is 6.36 Å². The summed E-state index contributed by atoms with van der Waals surface area (Å²) in [4.78, 5) is 23.0. The topological polar surface area (TPSA) is 77.5 Å². The van der Waals surface area contributed by atoms with E-state index in [0.717, 1.165) is 37.9 Å². The fraction of sp³-hybridized carbons (Fsp3) is 0.391. The van der Waals surface area contributed by atoms with Gasteiger partial charge in [-0.2, -0.15) is 5.10 Å². The molecule has 0 spiro atoms. The van der Waals surface area contributed by atoms with Crippen LogP contribution in [0.4, 0.5) is 26.3 Å². The minimum absolute atomic E-state index is 0.0532. The fourth-order valence-corrected chi connectivity index (χ4v) is 4.40. The average molecular weight is 526 g/mol. The minimum atomic E-state index is -4.94. The zero-order valence-electron chi connectivity index (χ0n) is 19.1. The summed E-state index contributed by atoms with van der Waals surface area (Å²) < 4.78 is 85.1. The van der Waals surface area contributed by atoms with Gasteiger partial charge in [0.2, 0.25) is 0 Å². The number of nitrogens with zero attached hydrogens (tertiary/aromatic N) is 6. The summed E-state index contributed by atoms with van der Waals surface area (Å²) in [6.07, 6.45) is -4.13. The van der Waals surface area contributed by atoms with Crippen LogP contribution in [0.1, 0.15) is 42.5 Å². The average Bonchev–Trinajstić information content (AvgIpc) is 3.31. The summed E-state index contributed by atoms with van der Waals surface area (Å²) in [5, 5.41) is 4.12. The van der Waals surface area contributed by atoms with Gasteiger partial charge in [0.1, 0.15) is 22.8 Å². The van der Waals surface area contributed by atoms with Crippen LogP contribution in [0.15, 0.2) is 36.8 Å². The van der Waals surface area contributed by atoms with Crippen LogP contribution in [0, 0.1) is 0 Å². The van der Waals surface area contributed by atoms with Crippen molar-refractivity contribution < 1.29 is 35.9 Å². The maximum absolute atomic E-state index is 14.6. The number of rotatable bonds is 5. The molecular weight excluding hydrogens is 506 g/mol. The van der Waals surface area contributed by atoms with Crippen molar-refractivity contribution in [2.24, 2.45) is 0 Å². The molecule has 0 saturated carbocycles. The molecule has 5 heterocycles. The zero-order valence-corrected chi connectivity index (χ0v) is 19.1. The lowest BCUT2D eigenvalue weighted by Crippen LogP contribution is -2.32. The molecule has 8 nitrogen and oxygen atoms in total. The molecule has 4 aromatic heterocycles. The number of halogens is 6. The van der Waals surface area contributed by atoms with E-state index in [4.69, 9.17) is 0 Å². The van der Waals surface area contributed by atoms with Crippen molar-refractivity contribution in [1.29, 1.82) is 0 Å². The van der Waals surface area contributed by atoms with Crippen molar-refractivity contribution in [1.82, 2.24) is 29.0 Å². The van der Waals surface area contributed by atoms with Gasteiger partial charge in [0, 0.05) is 24.7 Å². The second-order valence-corrected chi connectivity index (χ2v) is 8.58. The van der Waals surface area contributed by atoms with E-state index in [9.17, 15) is 31.1 Å². The lowest BCUT2D eigenvalue weighted by Gasteiger charge is -2.19. The van der Waals surface area contributed by atoms with Crippen LogP contribution in [0.2, 0.25) is 0 Å². The van der Waals surface area contributed by atoms with Gasteiger partial charge in [-0.15, -0.1) is 13.2 Å². The van der Waals surface area contributed by atoms with E-state index < -0.39 is 30.7 Å². The van der Waals surface area contributed by atoms with Crippen LogP contribution in [-0.2, 0) is 0 Å². The Morgan fingerprint density at radius 2 is 1.73 bits per heavy atom. The van der Waals surface area contributed by atoms with Gasteiger partial charge < -0.3 is 9.64 Å². The summed E-state index contributed by atoms with van der Waals surface area (Å²) in [6, 6.07) is 3.53. The lowest BCUT2D eigenvalue weighted by molar-refractivity contribution is -0.274. The molecule has 0 aromatic carbocycles. The number of aromatic nitrogens is 5. The first kappa shape index (κ1) is 24.8. The van der Waals surface area contributed by atoms with E-state index in [2.05, 4.69) is 19.8 Å². The molecule has 5 rings (SSSR count). The number of ether oxygens (including phenoxy) is 1. The molecule has 1 aliphatic heterocycles. The Labute approximate surface area is 205 Å². The van der Waals surface area contributed by atoms with Crippen molar-refractivity contribution >= 4 is 22.5 Å². The standard InChI is InChI=1S/C23H20F6N6O2/c24-20(25)21(26)35-16-9-15(22(36)33-7-3-1-2-4-8-33)30-10-14(16)19(32-35)17-11-31-18-6-5-13(12-34(17)18)37-23(27,28)29/h5-6,9-12,20-21H,1-4,7-8H2. The Morgan fingerprint density at radius 3 is 2.41 bits per heavy atom. The second-order valence-electron chi connectivity index (χ2n) is 8.58. The number of fused-ring (bicyclic) bond motifs is 2. The molecule has 0 N–H and O–H groups in total. The molecular formula is C23H20F6N6O2. The zero-order chi connectivity index (χ0) is 26.3. The molecule has 0 aliphatic carbocycles. The van der Waals surface area contributed by atoms with E-state index in [0.29, 0.717) is 17.8 Å². The number of hydrogen-bond acceptors (Lipinski definition) is 5. The number of hydrogen-bond donors (Lipinski definition) is 0. The molecule has 1 fully saturated rings. The maximum Gasteiger partial charge on any atom is 0.573 e. The number of amides is 1. The van der Waals surface area contributed by atoms with Gasteiger partial charge in [0.25, 0.3) is 18.6 Å². The molecule has 1 atom stereocenters. The number of imidazole rings is 1. The minimum Gasteiger partial charge on any atom is -0.404 e. The summed E-state index contributed by atoms with van der Waals surface area (Å²) in [6.45, 7) is 1.05. The van der Waals surface area contributed by atoms with Crippen LogP contribution < -0.4 is 4.74 Å². The van der Waals surface area contributed by atoms with E-state index in [-0.39, 0.29) is 33.6 Å². The summed E-state index contributed by atoms with van der Waals surface area (Å²) >= 11 is 0. The highest BCUT2D eigenvalue weighted by molar-refractivity contribution is 5.99. The molecule has 1 amide bonds. The third kappa shape index (κ3) is 4.91. The Morgan fingerprint density at radius 1 is 1.00 bits per heavy atom. The number of likely N-dealkylation sites (tertiary alicyclic amines) is 1. The molecule has 0 radical (unpaired) electrons. The second kappa shape index (κ2) is 9.56. The predicted molar refractivity (Wildman–Crippen MR) is 119 cm³/mol. The van der Waals surface area contributed by atoms with Gasteiger partial charge in [-0.05, 0) is 31.0 Å². The third-order valence-electron chi connectivity index (χ3n) is 6.10. The summed E-state index contributed by atoms with van der Waals surface area (Å²) in [7, 11) is 0. The van der Waals surface area contributed by atoms with Crippen molar-refractivity contribution in [3.8, 4) is 17.1 Å². The molecule has 0 bridgehead atoms. The van der Waals surface area contributed by atoms with Crippen molar-refractivity contribution in [3.05, 3.63) is 42.5 Å².